The minimum Gasteiger partial charge on any atom is -0.497 e. The van der Waals surface area contributed by atoms with E-state index < -0.39 is 0 Å². The minimum absolute atomic E-state index is 0.0266. The van der Waals surface area contributed by atoms with Crippen LogP contribution in [0.2, 0.25) is 0 Å². The van der Waals surface area contributed by atoms with Crippen molar-refractivity contribution in [1.82, 2.24) is 15.1 Å². The molecule has 0 aromatic heterocycles. The lowest BCUT2D eigenvalue weighted by Gasteiger charge is -2.57. The van der Waals surface area contributed by atoms with E-state index in [4.69, 9.17) is 4.74 Å². The van der Waals surface area contributed by atoms with Crippen molar-refractivity contribution in [3.8, 4) is 17.6 Å². The van der Waals surface area contributed by atoms with Crippen LogP contribution >= 0.6 is 0 Å². The summed E-state index contributed by atoms with van der Waals surface area (Å²) in [7, 11) is 1.62. The van der Waals surface area contributed by atoms with Gasteiger partial charge in [0.05, 0.1) is 7.11 Å². The number of rotatable bonds is 5. The molecule has 40 heavy (non-hydrogen) atoms. The molecule has 5 rings (SSSR count). The largest absolute Gasteiger partial charge is 0.497 e. The number of benzene rings is 3. The average molecular weight is 537 g/mol. The van der Waals surface area contributed by atoms with E-state index in [0.717, 1.165) is 42.0 Å². The lowest BCUT2D eigenvalue weighted by molar-refractivity contribution is -0.120. The van der Waals surface area contributed by atoms with Gasteiger partial charge < -0.3 is 20.3 Å². The fourth-order valence-corrected chi connectivity index (χ4v) is 5.73. The molecule has 0 bridgehead atoms. The highest BCUT2D eigenvalue weighted by Crippen LogP contribution is 2.42. The van der Waals surface area contributed by atoms with E-state index in [1.54, 1.807) is 14.0 Å². The van der Waals surface area contributed by atoms with Crippen molar-refractivity contribution >= 4 is 17.6 Å². The number of hydrogen-bond acceptors (Lipinski definition) is 4. The number of carbonyl (C=O) groups excluding carboxylic acids is 2. The number of nitrogens with one attached hydrogen (secondary N) is 2. The second kappa shape index (κ2) is 12.7. The van der Waals surface area contributed by atoms with Gasteiger partial charge in [-0.25, -0.2) is 4.79 Å². The van der Waals surface area contributed by atoms with E-state index in [9.17, 15) is 9.59 Å². The molecule has 0 spiro atoms. The number of nitrogens with zero attached hydrogens (tertiary/aromatic N) is 2. The molecule has 2 aliphatic heterocycles. The molecule has 7 nitrogen and oxygen atoms in total. The Morgan fingerprint density at radius 2 is 1.57 bits per heavy atom. The molecule has 2 heterocycles. The summed E-state index contributed by atoms with van der Waals surface area (Å²) in [4.78, 5) is 29.5. The summed E-state index contributed by atoms with van der Waals surface area (Å²) in [5.41, 5.74) is 3.89. The third-order valence-corrected chi connectivity index (χ3v) is 7.79. The summed E-state index contributed by atoms with van der Waals surface area (Å²) in [5.74, 6) is 7.39. The fourth-order valence-electron chi connectivity index (χ4n) is 5.73. The van der Waals surface area contributed by atoms with Gasteiger partial charge in [-0.3, -0.25) is 9.69 Å². The number of ether oxygens (including phenoxy) is 1. The number of amides is 3. The van der Waals surface area contributed by atoms with Crippen LogP contribution in [0.3, 0.4) is 0 Å². The first kappa shape index (κ1) is 27.3. The Morgan fingerprint density at radius 3 is 2.25 bits per heavy atom. The molecule has 1 unspecified atom stereocenters. The molecule has 2 saturated heterocycles. The van der Waals surface area contributed by atoms with Crippen LogP contribution in [0.5, 0.6) is 5.75 Å². The van der Waals surface area contributed by atoms with E-state index in [0.29, 0.717) is 19.6 Å². The first-order valence-corrected chi connectivity index (χ1v) is 13.9. The molecule has 0 aliphatic carbocycles. The van der Waals surface area contributed by atoms with E-state index in [-0.39, 0.29) is 29.9 Å². The molecule has 206 valence electrons. The van der Waals surface area contributed by atoms with Gasteiger partial charge in [-0.2, -0.15) is 0 Å². The number of methoxy groups -OCH3 is 1. The van der Waals surface area contributed by atoms with Gasteiger partial charge in [-0.15, -0.1) is 0 Å². The van der Waals surface area contributed by atoms with Gasteiger partial charge >= 0.3 is 6.03 Å². The van der Waals surface area contributed by atoms with Gasteiger partial charge in [0.25, 0.3) is 0 Å². The molecule has 2 fully saturated rings. The van der Waals surface area contributed by atoms with Crippen molar-refractivity contribution in [3.05, 3.63) is 95.6 Å². The Morgan fingerprint density at radius 1 is 0.900 bits per heavy atom. The van der Waals surface area contributed by atoms with Gasteiger partial charge in [0.15, 0.2) is 0 Å². The van der Waals surface area contributed by atoms with Crippen LogP contribution in [0.4, 0.5) is 10.5 Å². The molecular weight excluding hydrogens is 500 g/mol. The van der Waals surface area contributed by atoms with Crippen LogP contribution in [-0.4, -0.2) is 67.1 Å². The molecule has 2 aliphatic rings. The van der Waals surface area contributed by atoms with Crippen molar-refractivity contribution in [1.29, 1.82) is 0 Å². The quantitative estimate of drug-likeness (QED) is 0.464. The monoisotopic (exact) mass is 536 g/mol. The summed E-state index contributed by atoms with van der Waals surface area (Å²) in [6.07, 6.45) is 1.94. The van der Waals surface area contributed by atoms with Gasteiger partial charge in [0.2, 0.25) is 5.91 Å². The van der Waals surface area contributed by atoms with Crippen LogP contribution in [0, 0.1) is 11.8 Å². The predicted molar refractivity (Wildman–Crippen MR) is 157 cm³/mol. The van der Waals surface area contributed by atoms with Crippen molar-refractivity contribution in [2.75, 3.05) is 38.6 Å². The number of hydrogen-bond donors (Lipinski definition) is 2. The normalized spacial score (nSPS) is 20.4. The van der Waals surface area contributed by atoms with Crippen LogP contribution in [-0.2, 0) is 4.79 Å². The first-order valence-electron chi connectivity index (χ1n) is 13.9. The molecule has 3 aromatic rings. The maximum atomic E-state index is 13.3. The molecule has 7 heteroatoms. The average Bonchev–Trinajstić information content (AvgIpc) is 2.96. The standard InChI is InChI=1S/C33H36N4O3/c1-24(38)34-22-30-32(27-14-12-26(13-15-27)11-10-25-8-4-3-5-9-25)31-23-36(20-6-7-21-37(30)31)33(39)35-28-16-18-29(40-2)19-17-28/h3-5,8-9,12-19,30-32H,6-7,20-23H2,1-2H3,(H,34,38)(H,35,39)/t30-,31+,32?/m1/s1. The van der Waals surface area contributed by atoms with Crippen LogP contribution in [0.1, 0.15) is 42.4 Å². The van der Waals surface area contributed by atoms with Gasteiger partial charge in [0.1, 0.15) is 5.75 Å². The third-order valence-electron chi connectivity index (χ3n) is 7.79. The Hall–Kier alpha value is -4.28. The van der Waals surface area contributed by atoms with Crippen molar-refractivity contribution in [3.63, 3.8) is 0 Å². The molecule has 0 saturated carbocycles. The van der Waals surface area contributed by atoms with E-state index in [1.165, 1.54) is 5.56 Å². The second-order valence-corrected chi connectivity index (χ2v) is 10.4. The van der Waals surface area contributed by atoms with Crippen LogP contribution in [0.25, 0.3) is 0 Å². The van der Waals surface area contributed by atoms with Crippen molar-refractivity contribution in [2.24, 2.45) is 0 Å². The smallest absolute Gasteiger partial charge is 0.321 e. The summed E-state index contributed by atoms with van der Waals surface area (Å²) in [5, 5.41) is 6.09. The third kappa shape index (κ3) is 6.47. The van der Waals surface area contributed by atoms with E-state index >= 15 is 0 Å². The number of carbonyl (C=O) groups is 2. The van der Waals surface area contributed by atoms with Gasteiger partial charge in [-0.1, -0.05) is 42.2 Å². The summed E-state index contributed by atoms with van der Waals surface area (Å²) < 4.78 is 5.23. The number of urea groups is 1. The van der Waals surface area contributed by atoms with Crippen LogP contribution in [0.15, 0.2) is 78.9 Å². The topological polar surface area (TPSA) is 73.9 Å². The fraction of sp³-hybridized carbons (Fsp3) is 0.333. The Bertz CT molecular complexity index is 1360. The van der Waals surface area contributed by atoms with Gasteiger partial charge in [0, 0.05) is 61.4 Å². The molecule has 3 aromatic carbocycles. The first-order chi connectivity index (χ1) is 19.5. The van der Waals surface area contributed by atoms with E-state index in [1.807, 2.05) is 59.5 Å². The Kier molecular flexibility index (Phi) is 8.68. The Balaban J connectivity index is 1.34. The van der Waals surface area contributed by atoms with Crippen molar-refractivity contribution in [2.45, 2.75) is 37.8 Å². The van der Waals surface area contributed by atoms with E-state index in [2.05, 4.69) is 51.6 Å². The molecular formula is C33H36N4O3. The summed E-state index contributed by atoms with van der Waals surface area (Å²) in [6.45, 7) is 4.44. The zero-order chi connectivity index (χ0) is 27.9. The summed E-state index contributed by atoms with van der Waals surface area (Å²) in [6, 6.07) is 26.0. The maximum absolute atomic E-state index is 13.3. The van der Waals surface area contributed by atoms with Crippen molar-refractivity contribution < 1.29 is 14.3 Å². The van der Waals surface area contributed by atoms with Crippen LogP contribution < -0.4 is 15.4 Å². The van der Waals surface area contributed by atoms with Gasteiger partial charge in [-0.05, 0) is 73.5 Å². The molecule has 3 amide bonds. The predicted octanol–water partition coefficient (Wildman–Crippen LogP) is 4.70. The zero-order valence-electron chi connectivity index (χ0n) is 23.1. The lowest BCUT2D eigenvalue weighted by atomic mass is 9.73. The maximum Gasteiger partial charge on any atom is 0.321 e. The lowest BCUT2D eigenvalue weighted by Crippen LogP contribution is -2.69. The summed E-state index contributed by atoms with van der Waals surface area (Å²) >= 11 is 0. The highest BCUT2D eigenvalue weighted by atomic mass is 16.5. The zero-order valence-corrected chi connectivity index (χ0v) is 23.1. The molecule has 2 N–H and O–H groups in total. The number of anilines is 1. The highest BCUT2D eigenvalue weighted by Gasteiger charge is 2.49. The molecule has 3 atom stereocenters. The SMILES string of the molecule is COc1ccc(NC(=O)N2CCCCN3[C@H](CNC(C)=O)C(c4ccc(C#Cc5ccccc5)cc4)[C@@H]3C2)cc1. The Labute approximate surface area is 236 Å². The highest BCUT2D eigenvalue weighted by molar-refractivity contribution is 5.89. The second-order valence-electron chi connectivity index (χ2n) is 10.4. The molecule has 0 radical (unpaired) electrons. The minimum atomic E-state index is -0.0948. The number of fused-ring (bicyclic) bond motifs is 1.